The fraction of sp³-hybridized carbons (Fsp3) is 0.721. The van der Waals surface area contributed by atoms with E-state index < -0.39 is 251 Å². The molecule has 0 saturated carbocycles. The lowest BCUT2D eigenvalue weighted by atomic mass is 10.0. The molecule has 2 aromatic rings. The highest BCUT2D eigenvalue weighted by Crippen LogP contribution is 2.26. The molecule has 8 atom stereocenters. The van der Waals surface area contributed by atoms with Crippen molar-refractivity contribution in [3.8, 4) is 5.75 Å². The van der Waals surface area contributed by atoms with E-state index in [2.05, 4.69) is 37.2 Å². The Labute approximate surface area is 851 Å². The van der Waals surface area contributed by atoms with Crippen LogP contribution in [0.3, 0.4) is 0 Å². The summed E-state index contributed by atoms with van der Waals surface area (Å²) in [4.78, 5) is 244. The van der Waals surface area contributed by atoms with Gasteiger partial charge in [0.2, 0.25) is 23.6 Å². The van der Waals surface area contributed by atoms with Gasteiger partial charge in [-0.15, -0.1) is 0 Å². The molecule has 1 aliphatic rings. The van der Waals surface area contributed by atoms with Crippen LogP contribution in [-0.4, -0.2) is 309 Å². The number of esters is 10. The van der Waals surface area contributed by atoms with E-state index in [-0.39, 0.29) is 136 Å². The summed E-state index contributed by atoms with van der Waals surface area (Å²) in [6, 6.07) is 3.13. The van der Waals surface area contributed by atoms with E-state index in [1.165, 1.54) is 12.1 Å². The molecule has 0 aliphatic carbocycles. The van der Waals surface area contributed by atoms with Gasteiger partial charge < -0.3 is 94.4 Å². The smallest absolute Gasteiger partial charge is 0.329 e. The van der Waals surface area contributed by atoms with E-state index in [4.69, 9.17) is 52.1 Å². The van der Waals surface area contributed by atoms with Crippen molar-refractivity contribution in [2.24, 2.45) is 0 Å². The van der Waals surface area contributed by atoms with Gasteiger partial charge in [0.05, 0.1) is 13.1 Å². The molecule has 2 aromatic carbocycles. The second kappa shape index (κ2) is 57.1. The molecule has 7 amide bonds. The minimum absolute atomic E-state index is 0.0179. The predicted octanol–water partition coefficient (Wildman–Crippen LogP) is 9.47. The van der Waals surface area contributed by atoms with Crippen LogP contribution in [0.1, 0.15) is 302 Å². The van der Waals surface area contributed by atoms with E-state index in [0.29, 0.717) is 11.1 Å². The topological polar surface area (TPSA) is 509 Å². The first-order valence-corrected chi connectivity index (χ1v) is 49.6. The zero-order chi connectivity index (χ0) is 110. The van der Waals surface area contributed by atoms with Crippen molar-refractivity contribution in [1.82, 2.24) is 56.8 Å². The minimum atomic E-state index is -1.69. The van der Waals surface area contributed by atoms with Crippen molar-refractivity contribution in [3.05, 3.63) is 65.7 Å². The van der Waals surface area contributed by atoms with Crippen LogP contribution >= 0.6 is 0 Å². The number of hydrogen-bond acceptors (Lipinski definition) is 32. The van der Waals surface area contributed by atoms with Gasteiger partial charge in [0.15, 0.2) is 6.61 Å². The number of carboxylic acid groups (broad SMARTS) is 1. The first kappa shape index (κ1) is 127. The zero-order valence-electron chi connectivity index (χ0n) is 91.1. The molecule has 8 N–H and O–H groups in total. The third-order valence-corrected chi connectivity index (χ3v) is 20.2. The Hall–Kier alpha value is -11.1. The lowest BCUT2D eigenvalue weighted by Crippen LogP contribution is -2.56. The van der Waals surface area contributed by atoms with Gasteiger partial charge in [0, 0.05) is 104 Å². The Morgan fingerprint density at radius 3 is 1.00 bits per heavy atom. The molecule has 3 rings (SSSR count). The summed E-state index contributed by atoms with van der Waals surface area (Å²) in [5, 5.41) is 28.8. The largest absolute Gasteiger partial charge is 0.484 e. The quantitative estimate of drug-likeness (QED) is 0.0174. The summed E-state index contributed by atoms with van der Waals surface area (Å²) in [6.07, 6.45) is -3.31. The van der Waals surface area contributed by atoms with Crippen molar-refractivity contribution in [1.29, 1.82) is 0 Å². The van der Waals surface area contributed by atoms with Gasteiger partial charge in [-0.1, -0.05) is 42.5 Å². The highest BCUT2D eigenvalue weighted by molar-refractivity contribution is 5.95. The number of benzene rings is 2. The fourth-order valence-electron chi connectivity index (χ4n) is 14.4. The molecule has 1 fully saturated rings. The Kier molecular flexibility index (Phi) is 50.4. The van der Waals surface area contributed by atoms with E-state index >= 15 is 14.4 Å². The van der Waals surface area contributed by atoms with Crippen LogP contribution in [0, 0.1) is 0 Å². The van der Waals surface area contributed by atoms with Crippen LogP contribution in [0.25, 0.3) is 0 Å². The van der Waals surface area contributed by atoms with Crippen molar-refractivity contribution >= 4 is 101 Å². The summed E-state index contributed by atoms with van der Waals surface area (Å²) < 4.78 is 63.2. The van der Waals surface area contributed by atoms with Gasteiger partial charge in [0.25, 0.3) is 5.91 Å². The summed E-state index contributed by atoms with van der Waals surface area (Å²) in [6.45, 7) is 48.9. The molecule has 1 heterocycles. The maximum atomic E-state index is 15.2. The van der Waals surface area contributed by atoms with Gasteiger partial charge in [-0.3, -0.25) is 81.9 Å². The van der Waals surface area contributed by atoms with Crippen LogP contribution in [0.2, 0.25) is 0 Å². The molecule has 814 valence electrons. The van der Waals surface area contributed by atoms with Crippen LogP contribution in [0.15, 0.2) is 54.6 Å². The molecule has 2 unspecified atom stereocenters. The van der Waals surface area contributed by atoms with Crippen molar-refractivity contribution in [2.45, 2.75) is 408 Å². The van der Waals surface area contributed by atoms with Crippen molar-refractivity contribution in [2.75, 3.05) is 78.6 Å². The molecule has 0 radical (unpaired) electrons. The molecule has 0 bridgehead atoms. The second-order valence-corrected chi connectivity index (χ2v) is 46.0. The van der Waals surface area contributed by atoms with Crippen molar-refractivity contribution < 1.29 is 139 Å². The number of ether oxygens (including phenoxy) is 11. The standard InChI is InChI=1S/C104H169N11O29/c1-95(2,3)135-81(120)50-43-70(106-78(116)48-46-76(92(131)143-103(25,26)27)114-58-54-112(64-84(123)138-98(10,11)12)56-60-115(77(47-49-80(118)119)93(132)144-104(28,29)30)61-57-113(55-59-114)65-85(124)139-99(13,14)15)87(126)108-71(44-51-82(121)136-96(4,5)6)88(127)109-75(91(130)142-102(22,23)24)63-68-39-41-69(42-40-68)134-66-79(117)107-74(62-67-36-32-31-33-37-67)86(125)105-53-35-34-38-72(89(128)140-100(16,17)18)110-94(133)111-73(90(129)141-101(19,20)21)45-52-83(122)137-97(7,8)9/h31-33,36-37,39-42,70-77H,34-35,38,43-66H2,1-30H3,(H,105,125)(H,106,116)(H,107,117)(H,108,126)(H,109,127)(H,118,119)(H2,110,111,133)/t70-,71-,72-,73-,74-,75-,76?,77?/m0/s1. The zero-order valence-corrected chi connectivity index (χ0v) is 91.1. The molecule has 40 heteroatoms. The molecule has 0 aromatic heterocycles. The number of unbranched alkanes of at least 4 members (excludes halogenated alkanes) is 1. The average molecular weight is 2040 g/mol. The maximum absolute atomic E-state index is 15.2. The number of nitrogens with zero attached hydrogens (tertiary/aromatic N) is 4. The summed E-state index contributed by atoms with van der Waals surface area (Å²) in [5.74, 6) is -12.5. The highest BCUT2D eigenvalue weighted by atomic mass is 16.6. The first-order chi connectivity index (χ1) is 65.9. The second-order valence-electron chi connectivity index (χ2n) is 46.0. The monoisotopic (exact) mass is 2040 g/mol. The van der Waals surface area contributed by atoms with E-state index in [0.717, 1.165) is 0 Å². The Morgan fingerprint density at radius 1 is 0.299 bits per heavy atom. The maximum Gasteiger partial charge on any atom is 0.329 e. The molecular formula is C104H169N11O29. The van der Waals surface area contributed by atoms with Crippen molar-refractivity contribution in [3.63, 3.8) is 0 Å². The minimum Gasteiger partial charge on any atom is -0.484 e. The molecule has 40 nitrogen and oxygen atoms in total. The van der Waals surface area contributed by atoms with Gasteiger partial charge in [-0.2, -0.15) is 0 Å². The van der Waals surface area contributed by atoms with E-state index in [9.17, 15) is 72.2 Å². The third-order valence-electron chi connectivity index (χ3n) is 20.2. The van der Waals surface area contributed by atoms with Gasteiger partial charge >= 0.3 is 71.7 Å². The summed E-state index contributed by atoms with van der Waals surface area (Å²) in [7, 11) is 0. The van der Waals surface area contributed by atoms with Crippen LogP contribution in [0.4, 0.5) is 4.79 Å². The molecule has 1 saturated heterocycles. The van der Waals surface area contributed by atoms with Gasteiger partial charge in [-0.05, 0) is 282 Å². The lowest BCUT2D eigenvalue weighted by molar-refractivity contribution is -0.164. The molecule has 0 spiro atoms. The first-order valence-electron chi connectivity index (χ1n) is 49.6. The molecular weight excluding hydrogens is 1870 g/mol. The number of aliphatic carboxylic acids is 1. The Balaban J connectivity index is 2.06. The normalized spacial score (nSPS) is 15.6. The van der Waals surface area contributed by atoms with Crippen LogP contribution < -0.4 is 42.0 Å². The number of carboxylic acids is 1. The lowest BCUT2D eigenvalue weighted by Gasteiger charge is -2.38. The van der Waals surface area contributed by atoms with Crippen LogP contribution in [0.5, 0.6) is 5.75 Å². The fourth-order valence-corrected chi connectivity index (χ4v) is 14.4. The predicted molar refractivity (Wildman–Crippen MR) is 535 cm³/mol. The van der Waals surface area contributed by atoms with Gasteiger partial charge in [-0.25, -0.2) is 19.2 Å². The number of carbonyl (C=O) groups is 17. The Morgan fingerprint density at radius 2 is 0.618 bits per heavy atom. The average Bonchev–Trinajstić information content (AvgIpc) is 0.842. The summed E-state index contributed by atoms with van der Waals surface area (Å²) in [5.41, 5.74) is -8.69. The number of rotatable bonds is 47. The number of amides is 7. The third kappa shape index (κ3) is 58.1. The van der Waals surface area contributed by atoms with E-state index in [1.807, 2.05) is 0 Å². The molecule has 144 heavy (non-hydrogen) atoms. The van der Waals surface area contributed by atoms with Gasteiger partial charge in [0.1, 0.15) is 110 Å². The number of urea groups is 1. The van der Waals surface area contributed by atoms with Crippen LogP contribution in [-0.2, 0) is 137 Å². The highest BCUT2D eigenvalue weighted by Gasteiger charge is 2.41. The molecule has 1 aliphatic heterocycles. The summed E-state index contributed by atoms with van der Waals surface area (Å²) >= 11 is 0. The SMILES string of the molecule is CC(C)(C)OC(=O)CC[C@H](NC(=O)CCC(C(=O)OC(C)(C)C)N1CCN(CC(=O)OC(C)(C)C)CCN(C(CCC(=O)O)C(=O)OC(C)(C)C)CCN(CC(=O)OC(C)(C)C)CC1)C(=O)N[C@@H](CCC(=O)OC(C)(C)C)C(=O)N[C@@H](Cc1ccc(OCC(=O)N[C@@H](Cc2ccccc2)C(=O)NCCCC[C@H](NC(=O)N[C@@H](CCC(=O)OC(C)(C)C)C(=O)OC(C)(C)C)C(=O)OC(C)(C)C)cc1)C(=O)OC(C)(C)C. The van der Waals surface area contributed by atoms with E-state index in [1.54, 1.807) is 270 Å². The number of carbonyl (C=O) groups excluding carboxylic acids is 16. The number of hydrogen-bond donors (Lipinski definition) is 8. The Bertz CT molecular complexity index is 4510. The number of nitrogens with one attached hydrogen (secondary N) is 7.